The number of carbonyl (C=O) groups excluding carboxylic acids is 2. The van der Waals surface area contributed by atoms with Gasteiger partial charge < -0.3 is 15.0 Å². The van der Waals surface area contributed by atoms with E-state index < -0.39 is 28.5 Å². The van der Waals surface area contributed by atoms with Crippen molar-refractivity contribution in [3.05, 3.63) is 59.2 Å². The lowest BCUT2D eigenvalue weighted by Crippen LogP contribution is -2.53. The van der Waals surface area contributed by atoms with Crippen LogP contribution in [0.3, 0.4) is 0 Å². The Hall–Kier alpha value is -3.07. The van der Waals surface area contributed by atoms with E-state index >= 15 is 0 Å². The quantitative estimate of drug-likeness (QED) is 0.462. The Balaban J connectivity index is 2.53. The van der Waals surface area contributed by atoms with Gasteiger partial charge in [-0.25, -0.2) is 8.42 Å². The minimum absolute atomic E-state index is 0.0500. The first kappa shape index (κ1) is 29.2. The molecule has 0 spiro atoms. The number of anilines is 1. The number of amides is 2. The zero-order valence-corrected chi connectivity index (χ0v) is 23.2. The van der Waals surface area contributed by atoms with Gasteiger partial charge in [0.2, 0.25) is 21.8 Å². The van der Waals surface area contributed by atoms with Crippen molar-refractivity contribution in [2.24, 2.45) is 0 Å². The van der Waals surface area contributed by atoms with Gasteiger partial charge >= 0.3 is 0 Å². The van der Waals surface area contributed by atoms with Gasteiger partial charge in [0.05, 0.1) is 19.1 Å². The Morgan fingerprint density at radius 3 is 2.28 bits per heavy atom. The lowest BCUT2D eigenvalue weighted by Gasteiger charge is -2.34. The van der Waals surface area contributed by atoms with Gasteiger partial charge in [0.15, 0.2) is 0 Å². The molecule has 2 aromatic rings. The van der Waals surface area contributed by atoms with E-state index in [-0.39, 0.29) is 24.2 Å². The van der Waals surface area contributed by atoms with E-state index in [2.05, 4.69) is 5.32 Å². The van der Waals surface area contributed by atoms with E-state index in [1.807, 2.05) is 58.9 Å². The summed E-state index contributed by atoms with van der Waals surface area (Å²) in [5, 5.41) is 2.97. The van der Waals surface area contributed by atoms with Crippen LogP contribution in [0.2, 0.25) is 0 Å². The highest BCUT2D eigenvalue weighted by Crippen LogP contribution is 2.31. The summed E-state index contributed by atoms with van der Waals surface area (Å²) < 4.78 is 32.2. The first-order valence-corrected chi connectivity index (χ1v) is 14.0. The number of ether oxygens (including phenoxy) is 1. The second-order valence-electron chi connectivity index (χ2n) is 9.13. The molecule has 0 fully saturated rings. The summed E-state index contributed by atoms with van der Waals surface area (Å²) in [6.45, 7) is 9.23. The van der Waals surface area contributed by atoms with Crippen LogP contribution in [-0.4, -0.2) is 57.1 Å². The number of hydrogen-bond acceptors (Lipinski definition) is 5. The molecular weight excluding hydrogens is 478 g/mol. The average Bonchev–Trinajstić information content (AvgIpc) is 2.82. The maximum absolute atomic E-state index is 13.8. The number of nitrogens with zero attached hydrogens (tertiary/aromatic N) is 2. The van der Waals surface area contributed by atoms with E-state index in [1.165, 1.54) is 12.0 Å². The molecule has 0 aromatic heterocycles. The predicted octanol–water partition coefficient (Wildman–Crippen LogP) is 3.80. The smallest absolute Gasteiger partial charge is 0.244 e. The van der Waals surface area contributed by atoms with Crippen LogP contribution in [0.1, 0.15) is 50.3 Å². The van der Waals surface area contributed by atoms with Crippen molar-refractivity contribution in [1.29, 1.82) is 0 Å². The Labute approximate surface area is 215 Å². The van der Waals surface area contributed by atoms with Crippen LogP contribution in [0.5, 0.6) is 5.75 Å². The molecule has 0 aliphatic heterocycles. The van der Waals surface area contributed by atoms with Crippen LogP contribution in [0.4, 0.5) is 5.69 Å². The molecule has 8 nitrogen and oxygen atoms in total. The molecule has 198 valence electrons. The fourth-order valence-corrected chi connectivity index (χ4v) is 4.77. The summed E-state index contributed by atoms with van der Waals surface area (Å²) >= 11 is 0. The second-order valence-corrected chi connectivity index (χ2v) is 11.0. The van der Waals surface area contributed by atoms with Gasteiger partial charge in [0.25, 0.3) is 0 Å². The number of carbonyl (C=O) groups is 2. The van der Waals surface area contributed by atoms with Crippen LogP contribution in [-0.2, 0) is 26.2 Å². The maximum atomic E-state index is 13.8. The first-order valence-electron chi connectivity index (χ1n) is 12.2. The lowest BCUT2D eigenvalue weighted by atomic mass is 10.1. The largest absolute Gasteiger partial charge is 0.495 e. The number of rotatable bonds is 12. The molecule has 2 aromatic carbocycles. The van der Waals surface area contributed by atoms with Gasteiger partial charge in [0.1, 0.15) is 18.3 Å². The molecular formula is C27H39N3O5S. The van der Waals surface area contributed by atoms with Crippen LogP contribution in [0.15, 0.2) is 42.5 Å². The summed E-state index contributed by atoms with van der Waals surface area (Å²) in [6, 6.07) is 12.0. The third-order valence-electron chi connectivity index (χ3n) is 6.27. The molecule has 0 aliphatic carbocycles. The molecule has 0 bridgehead atoms. The zero-order valence-electron chi connectivity index (χ0n) is 22.4. The van der Waals surface area contributed by atoms with E-state index in [9.17, 15) is 18.0 Å². The van der Waals surface area contributed by atoms with E-state index in [1.54, 1.807) is 18.2 Å². The molecule has 0 saturated carbocycles. The van der Waals surface area contributed by atoms with E-state index in [0.717, 1.165) is 33.7 Å². The highest BCUT2D eigenvalue weighted by Gasteiger charge is 2.33. The molecule has 0 radical (unpaired) electrons. The highest BCUT2D eigenvalue weighted by molar-refractivity contribution is 7.92. The molecule has 1 N–H and O–H groups in total. The van der Waals surface area contributed by atoms with Crippen molar-refractivity contribution in [2.45, 2.75) is 66.1 Å². The van der Waals surface area contributed by atoms with Crippen molar-refractivity contribution < 1.29 is 22.7 Å². The monoisotopic (exact) mass is 517 g/mol. The molecule has 9 heteroatoms. The van der Waals surface area contributed by atoms with Crippen molar-refractivity contribution in [3.63, 3.8) is 0 Å². The van der Waals surface area contributed by atoms with Crippen molar-refractivity contribution in [3.8, 4) is 5.75 Å². The van der Waals surface area contributed by atoms with Crippen LogP contribution in [0, 0.1) is 13.8 Å². The fourth-order valence-electron chi connectivity index (χ4n) is 3.92. The molecule has 2 rings (SSSR count). The third-order valence-corrected chi connectivity index (χ3v) is 7.40. The Bertz CT molecular complexity index is 1170. The number of sulfonamides is 1. The summed E-state index contributed by atoms with van der Waals surface area (Å²) in [7, 11) is -2.40. The summed E-state index contributed by atoms with van der Waals surface area (Å²) in [5.74, 6) is -0.392. The van der Waals surface area contributed by atoms with Gasteiger partial charge in [-0.15, -0.1) is 0 Å². The normalized spacial score (nSPS) is 13.0. The molecule has 0 saturated heterocycles. The fraction of sp³-hybridized carbons (Fsp3) is 0.481. The molecule has 2 amide bonds. The minimum Gasteiger partial charge on any atom is -0.495 e. The topological polar surface area (TPSA) is 96.0 Å². The number of benzene rings is 2. The molecule has 0 aliphatic rings. The maximum Gasteiger partial charge on any atom is 0.244 e. The lowest BCUT2D eigenvalue weighted by molar-refractivity contribution is -0.140. The number of hydrogen-bond donors (Lipinski definition) is 1. The molecule has 0 heterocycles. The summed E-state index contributed by atoms with van der Waals surface area (Å²) in [5.41, 5.74) is 2.97. The Morgan fingerprint density at radius 2 is 1.72 bits per heavy atom. The van der Waals surface area contributed by atoms with Crippen molar-refractivity contribution >= 4 is 27.5 Å². The van der Waals surface area contributed by atoms with Crippen LogP contribution < -0.4 is 14.4 Å². The van der Waals surface area contributed by atoms with Gasteiger partial charge in [-0.05, 0) is 62.4 Å². The third kappa shape index (κ3) is 7.46. The molecule has 2 atom stereocenters. The van der Waals surface area contributed by atoms with Crippen molar-refractivity contribution in [2.75, 3.05) is 24.2 Å². The number of aryl methyl sites for hydroxylation is 2. The number of nitrogens with one attached hydrogen (secondary N) is 1. The molecule has 2 unspecified atom stereocenters. The van der Waals surface area contributed by atoms with Gasteiger partial charge in [-0.1, -0.05) is 44.2 Å². The van der Waals surface area contributed by atoms with E-state index in [4.69, 9.17) is 4.74 Å². The van der Waals surface area contributed by atoms with Gasteiger partial charge in [0, 0.05) is 12.6 Å². The SMILES string of the molecule is CCC(C)NC(=O)C(CC)N(Cc1ccccc1C)C(=O)CN(c1cc(C)ccc1OC)S(C)(=O)=O. The highest BCUT2D eigenvalue weighted by atomic mass is 32.2. The second kappa shape index (κ2) is 12.8. The van der Waals surface area contributed by atoms with E-state index in [0.29, 0.717) is 12.2 Å². The first-order chi connectivity index (χ1) is 16.9. The Kier molecular flexibility index (Phi) is 10.3. The minimum atomic E-state index is -3.85. The Morgan fingerprint density at radius 1 is 1.06 bits per heavy atom. The molecule has 36 heavy (non-hydrogen) atoms. The standard InChI is InChI=1S/C27H39N3O5S/c1-8-21(5)28-27(32)23(9-2)29(17-22-13-11-10-12-20(22)4)26(31)18-30(36(7,33)34)24-16-19(3)14-15-25(24)35-6/h10-16,21,23H,8-9,17-18H2,1-7H3,(H,28,32). The zero-order chi connectivity index (χ0) is 27.0. The van der Waals surface area contributed by atoms with Crippen LogP contribution >= 0.6 is 0 Å². The van der Waals surface area contributed by atoms with Gasteiger partial charge in [-0.3, -0.25) is 13.9 Å². The van der Waals surface area contributed by atoms with Crippen LogP contribution in [0.25, 0.3) is 0 Å². The predicted molar refractivity (Wildman–Crippen MR) is 144 cm³/mol. The summed E-state index contributed by atoms with van der Waals surface area (Å²) in [4.78, 5) is 28.5. The van der Waals surface area contributed by atoms with Crippen molar-refractivity contribution in [1.82, 2.24) is 10.2 Å². The summed E-state index contributed by atoms with van der Waals surface area (Å²) in [6.07, 6.45) is 2.19. The van der Waals surface area contributed by atoms with Gasteiger partial charge in [-0.2, -0.15) is 0 Å². The average molecular weight is 518 g/mol. The number of methoxy groups -OCH3 is 1.